The summed E-state index contributed by atoms with van der Waals surface area (Å²) in [5, 5.41) is 14.1. The number of carbonyl (C=O) groups is 1. The summed E-state index contributed by atoms with van der Waals surface area (Å²) in [6, 6.07) is 12.9. The van der Waals surface area contributed by atoms with Crippen molar-refractivity contribution >= 4 is 33.3 Å². The molecule has 2 rings (SSSR count). The van der Waals surface area contributed by atoms with Crippen molar-refractivity contribution in [3.63, 3.8) is 0 Å². The van der Waals surface area contributed by atoms with Crippen molar-refractivity contribution in [3.05, 3.63) is 59.7 Å². The Morgan fingerprint density at radius 1 is 1.12 bits per heavy atom. The molecule has 1 amide bonds. The third kappa shape index (κ3) is 5.21. The molecule has 0 fully saturated rings. The molecular formula is C16H18N4O4S. The Kier molecular flexibility index (Phi) is 5.28. The number of carboxylic acid groups (broad SMARTS) is 1. The highest BCUT2D eigenvalue weighted by atomic mass is 32.2. The van der Waals surface area contributed by atoms with Crippen LogP contribution in [-0.4, -0.2) is 31.7 Å². The Morgan fingerprint density at radius 2 is 1.68 bits per heavy atom. The monoisotopic (exact) mass is 362 g/mol. The fourth-order valence-electron chi connectivity index (χ4n) is 1.99. The first-order valence-corrected chi connectivity index (χ1v) is 9.07. The largest absolute Gasteiger partial charge is 0.463 e. The molecule has 0 aromatic heterocycles. The summed E-state index contributed by atoms with van der Waals surface area (Å²) in [6.07, 6.45) is -0.231. The summed E-state index contributed by atoms with van der Waals surface area (Å²) in [5.74, 6) is -0.0196. The van der Waals surface area contributed by atoms with E-state index >= 15 is 0 Å². The maximum atomic E-state index is 11.4. The zero-order valence-electron chi connectivity index (χ0n) is 13.7. The molecule has 25 heavy (non-hydrogen) atoms. The third-order valence-electron chi connectivity index (χ3n) is 3.15. The van der Waals surface area contributed by atoms with E-state index in [-0.39, 0.29) is 5.84 Å². The summed E-state index contributed by atoms with van der Waals surface area (Å²) < 4.78 is 24.7. The first-order chi connectivity index (χ1) is 11.7. The standard InChI is InChI=1S/C16H18N4O4S/c1-11-3-9-14(10-4-11)20(16(21)22)18-15(17)12-5-7-13(8-6-12)19-25(2,23)24/h3-10,19H,1-2H3,(H2,17,18)(H,21,22). The first-order valence-electron chi connectivity index (χ1n) is 7.18. The number of benzene rings is 2. The van der Waals surface area contributed by atoms with Gasteiger partial charge in [-0.25, -0.2) is 13.2 Å². The number of hydrazone groups is 1. The minimum absolute atomic E-state index is 0.0196. The lowest BCUT2D eigenvalue weighted by Crippen LogP contribution is -2.28. The lowest BCUT2D eigenvalue weighted by Gasteiger charge is -2.15. The van der Waals surface area contributed by atoms with E-state index in [1.165, 1.54) is 12.1 Å². The van der Waals surface area contributed by atoms with Gasteiger partial charge in [-0.05, 0) is 43.3 Å². The topological polar surface area (TPSA) is 125 Å². The molecule has 0 aliphatic carbocycles. The molecule has 0 bridgehead atoms. The smallest absolute Gasteiger partial charge is 0.432 e. The van der Waals surface area contributed by atoms with E-state index in [0.717, 1.165) is 16.8 Å². The van der Waals surface area contributed by atoms with Crippen LogP contribution in [0.2, 0.25) is 0 Å². The number of amides is 1. The van der Waals surface area contributed by atoms with Gasteiger partial charge in [0.25, 0.3) is 0 Å². The van der Waals surface area contributed by atoms with Gasteiger partial charge in [0.15, 0.2) is 5.84 Å². The van der Waals surface area contributed by atoms with E-state index in [1.54, 1.807) is 36.4 Å². The van der Waals surface area contributed by atoms with Crippen LogP contribution >= 0.6 is 0 Å². The highest BCUT2D eigenvalue weighted by Gasteiger charge is 2.14. The summed E-state index contributed by atoms with van der Waals surface area (Å²) in [5.41, 5.74) is 8.05. The van der Waals surface area contributed by atoms with Crippen molar-refractivity contribution in [2.45, 2.75) is 6.92 Å². The van der Waals surface area contributed by atoms with Crippen LogP contribution < -0.4 is 15.5 Å². The average molecular weight is 362 g/mol. The van der Waals surface area contributed by atoms with E-state index < -0.39 is 16.1 Å². The zero-order valence-corrected chi connectivity index (χ0v) is 14.5. The lowest BCUT2D eigenvalue weighted by molar-refractivity contribution is 0.202. The normalized spacial score (nSPS) is 11.8. The highest BCUT2D eigenvalue weighted by Crippen LogP contribution is 2.17. The molecule has 0 radical (unpaired) electrons. The maximum absolute atomic E-state index is 11.4. The molecule has 9 heteroatoms. The van der Waals surface area contributed by atoms with Crippen LogP contribution in [-0.2, 0) is 10.0 Å². The molecule has 0 unspecified atom stereocenters. The van der Waals surface area contributed by atoms with Crippen molar-refractivity contribution in [2.24, 2.45) is 10.8 Å². The van der Waals surface area contributed by atoms with Crippen LogP contribution in [0.5, 0.6) is 0 Å². The van der Waals surface area contributed by atoms with Crippen molar-refractivity contribution in [1.29, 1.82) is 0 Å². The van der Waals surface area contributed by atoms with Gasteiger partial charge in [0.05, 0.1) is 11.9 Å². The molecular weight excluding hydrogens is 344 g/mol. The van der Waals surface area contributed by atoms with Gasteiger partial charge in [-0.3, -0.25) is 4.72 Å². The number of sulfonamides is 1. The molecule has 0 spiro atoms. The minimum atomic E-state index is -3.38. The Bertz CT molecular complexity index is 891. The zero-order chi connectivity index (χ0) is 18.6. The predicted molar refractivity (Wildman–Crippen MR) is 97.3 cm³/mol. The van der Waals surface area contributed by atoms with Crippen LogP contribution in [0.4, 0.5) is 16.2 Å². The first kappa shape index (κ1) is 18.3. The number of rotatable bonds is 5. The highest BCUT2D eigenvalue weighted by molar-refractivity contribution is 7.92. The van der Waals surface area contributed by atoms with Gasteiger partial charge in [0.2, 0.25) is 10.0 Å². The Morgan fingerprint density at radius 3 is 2.16 bits per heavy atom. The fraction of sp³-hybridized carbons (Fsp3) is 0.125. The molecule has 0 aliphatic rings. The van der Waals surface area contributed by atoms with E-state index in [1.807, 2.05) is 6.92 Å². The van der Waals surface area contributed by atoms with Crippen LogP contribution in [0.1, 0.15) is 11.1 Å². The number of nitrogens with two attached hydrogens (primary N) is 1. The number of hydrogen-bond donors (Lipinski definition) is 3. The second-order valence-corrected chi connectivity index (χ2v) is 7.12. The summed E-state index contributed by atoms with van der Waals surface area (Å²) in [4.78, 5) is 11.4. The lowest BCUT2D eigenvalue weighted by atomic mass is 10.2. The number of hydrogen-bond acceptors (Lipinski definition) is 4. The molecule has 2 aromatic rings. The second-order valence-electron chi connectivity index (χ2n) is 5.37. The van der Waals surface area contributed by atoms with Crippen LogP contribution in [0.25, 0.3) is 0 Å². The molecule has 0 atom stereocenters. The van der Waals surface area contributed by atoms with Gasteiger partial charge in [0.1, 0.15) is 0 Å². The number of aryl methyl sites for hydroxylation is 1. The fourth-order valence-corrected chi connectivity index (χ4v) is 2.55. The Labute approximate surface area is 145 Å². The van der Waals surface area contributed by atoms with Gasteiger partial charge in [0, 0.05) is 11.3 Å². The molecule has 0 saturated carbocycles. The molecule has 0 heterocycles. The average Bonchev–Trinajstić information content (AvgIpc) is 2.52. The maximum Gasteiger partial charge on any atom is 0.432 e. The van der Waals surface area contributed by atoms with E-state index in [0.29, 0.717) is 16.9 Å². The van der Waals surface area contributed by atoms with Crippen molar-refractivity contribution in [3.8, 4) is 0 Å². The van der Waals surface area contributed by atoms with Crippen LogP contribution in [0.3, 0.4) is 0 Å². The summed E-state index contributed by atoms with van der Waals surface area (Å²) in [7, 11) is -3.38. The van der Waals surface area contributed by atoms with Gasteiger partial charge >= 0.3 is 6.09 Å². The Balaban J connectivity index is 2.28. The van der Waals surface area contributed by atoms with E-state index in [4.69, 9.17) is 5.73 Å². The second kappa shape index (κ2) is 7.22. The summed E-state index contributed by atoms with van der Waals surface area (Å²) >= 11 is 0. The van der Waals surface area contributed by atoms with Gasteiger partial charge < -0.3 is 10.8 Å². The van der Waals surface area contributed by atoms with Crippen molar-refractivity contribution in [1.82, 2.24) is 0 Å². The quantitative estimate of drug-likeness (QED) is 0.427. The summed E-state index contributed by atoms with van der Waals surface area (Å²) in [6.45, 7) is 1.89. The van der Waals surface area contributed by atoms with Crippen molar-refractivity contribution < 1.29 is 18.3 Å². The third-order valence-corrected chi connectivity index (χ3v) is 3.76. The van der Waals surface area contributed by atoms with Gasteiger partial charge in [-0.2, -0.15) is 5.01 Å². The van der Waals surface area contributed by atoms with Gasteiger partial charge in [-0.15, -0.1) is 5.10 Å². The van der Waals surface area contributed by atoms with E-state index in [2.05, 4.69) is 9.82 Å². The number of nitrogens with one attached hydrogen (secondary N) is 1. The molecule has 132 valence electrons. The Hall–Kier alpha value is -3.07. The molecule has 0 saturated heterocycles. The van der Waals surface area contributed by atoms with Crippen molar-refractivity contribution in [2.75, 3.05) is 16.0 Å². The predicted octanol–water partition coefficient (Wildman–Crippen LogP) is 2.17. The minimum Gasteiger partial charge on any atom is -0.463 e. The van der Waals surface area contributed by atoms with Crippen LogP contribution in [0.15, 0.2) is 53.6 Å². The van der Waals surface area contributed by atoms with E-state index in [9.17, 15) is 18.3 Å². The molecule has 2 aromatic carbocycles. The number of amidine groups is 1. The molecule has 0 aliphatic heterocycles. The SMILES string of the molecule is Cc1ccc(N(N=C(N)c2ccc(NS(C)(=O)=O)cc2)C(=O)O)cc1. The molecule has 4 N–H and O–H groups in total. The number of anilines is 2. The molecule has 8 nitrogen and oxygen atoms in total. The number of nitrogens with zero attached hydrogens (tertiary/aromatic N) is 2. The van der Waals surface area contributed by atoms with Gasteiger partial charge in [-0.1, -0.05) is 17.7 Å². The van der Waals surface area contributed by atoms with Crippen LogP contribution in [0, 0.1) is 6.92 Å².